The Morgan fingerprint density at radius 1 is 1.50 bits per heavy atom. The quantitative estimate of drug-likeness (QED) is 0.877. The predicted octanol–water partition coefficient (Wildman–Crippen LogP) is 3.12. The lowest BCUT2D eigenvalue weighted by molar-refractivity contribution is -0.120. The maximum Gasteiger partial charge on any atom is 0.273 e. The molecule has 2 atom stereocenters. The summed E-state index contributed by atoms with van der Waals surface area (Å²) in [6, 6.07) is 1.91. The van der Waals surface area contributed by atoms with Crippen LogP contribution in [0.25, 0.3) is 0 Å². The van der Waals surface area contributed by atoms with Crippen LogP contribution < -0.4 is 5.32 Å². The lowest BCUT2D eigenvalue weighted by Gasteiger charge is -2.51. The van der Waals surface area contributed by atoms with E-state index in [4.69, 9.17) is 9.26 Å². The second-order valence-corrected chi connectivity index (χ2v) is 7.69. The third-order valence-corrected chi connectivity index (χ3v) is 4.85. The molecule has 1 amide bonds. The molecule has 2 unspecified atom stereocenters. The van der Waals surface area contributed by atoms with Crippen LogP contribution in [-0.4, -0.2) is 29.8 Å². The molecule has 22 heavy (non-hydrogen) atoms. The molecule has 2 saturated carbocycles. The zero-order chi connectivity index (χ0) is 15.9. The van der Waals surface area contributed by atoms with E-state index in [0.29, 0.717) is 17.5 Å². The van der Waals surface area contributed by atoms with Gasteiger partial charge in [-0.1, -0.05) is 32.9 Å². The molecule has 1 heterocycles. The van der Waals surface area contributed by atoms with Gasteiger partial charge in [-0.05, 0) is 25.2 Å². The van der Waals surface area contributed by atoms with E-state index in [9.17, 15) is 4.79 Å². The molecular formula is C17H26N2O3. The standard InChI is InChI=1S/C17H26N2O3/c1-10(2)9-21-15-8-14(17(15,3)4)18-16(20)12-7-13(22-19-12)11-5-6-11/h7,10-11,14-15H,5-6,8-9H2,1-4H3,(H,18,20). The number of carbonyl (C=O) groups is 1. The number of aromatic nitrogens is 1. The van der Waals surface area contributed by atoms with Gasteiger partial charge in [0.2, 0.25) is 0 Å². The second-order valence-electron chi connectivity index (χ2n) is 7.69. The van der Waals surface area contributed by atoms with Gasteiger partial charge in [-0.3, -0.25) is 4.79 Å². The lowest BCUT2D eigenvalue weighted by Crippen LogP contribution is -2.62. The van der Waals surface area contributed by atoms with Crippen molar-refractivity contribution >= 4 is 5.91 Å². The summed E-state index contributed by atoms with van der Waals surface area (Å²) in [4.78, 5) is 12.3. The third-order valence-electron chi connectivity index (χ3n) is 4.85. The molecule has 1 aromatic rings. The van der Waals surface area contributed by atoms with Crippen molar-refractivity contribution in [2.45, 2.75) is 65.0 Å². The van der Waals surface area contributed by atoms with Crippen molar-refractivity contribution < 1.29 is 14.1 Å². The molecule has 0 spiro atoms. The smallest absolute Gasteiger partial charge is 0.273 e. The summed E-state index contributed by atoms with van der Waals surface area (Å²) >= 11 is 0. The molecule has 5 nitrogen and oxygen atoms in total. The summed E-state index contributed by atoms with van der Waals surface area (Å²) in [5, 5.41) is 6.97. The van der Waals surface area contributed by atoms with Crippen LogP contribution in [0.2, 0.25) is 0 Å². The van der Waals surface area contributed by atoms with E-state index >= 15 is 0 Å². The SMILES string of the molecule is CC(C)COC1CC(NC(=O)c2cc(C3CC3)on2)C1(C)C. The van der Waals surface area contributed by atoms with Crippen LogP contribution in [0.15, 0.2) is 10.6 Å². The first-order valence-electron chi connectivity index (χ1n) is 8.27. The number of hydrogen-bond acceptors (Lipinski definition) is 4. The normalized spacial score (nSPS) is 26.8. The molecule has 0 saturated heterocycles. The molecule has 0 radical (unpaired) electrons. The van der Waals surface area contributed by atoms with Gasteiger partial charge in [-0.15, -0.1) is 0 Å². The maximum atomic E-state index is 12.3. The van der Waals surface area contributed by atoms with Crippen LogP contribution in [0.3, 0.4) is 0 Å². The maximum absolute atomic E-state index is 12.3. The summed E-state index contributed by atoms with van der Waals surface area (Å²) in [5.41, 5.74) is 0.345. The predicted molar refractivity (Wildman–Crippen MR) is 82.7 cm³/mol. The fraction of sp³-hybridized carbons (Fsp3) is 0.765. The highest BCUT2D eigenvalue weighted by molar-refractivity contribution is 5.92. The Labute approximate surface area is 131 Å². The van der Waals surface area contributed by atoms with Gasteiger partial charge in [0.1, 0.15) is 5.76 Å². The largest absolute Gasteiger partial charge is 0.377 e. The molecule has 2 aliphatic carbocycles. The first kappa shape index (κ1) is 15.5. The van der Waals surface area contributed by atoms with Crippen molar-refractivity contribution in [1.82, 2.24) is 10.5 Å². The monoisotopic (exact) mass is 306 g/mol. The van der Waals surface area contributed by atoms with Gasteiger partial charge in [0.15, 0.2) is 5.69 Å². The van der Waals surface area contributed by atoms with E-state index in [0.717, 1.165) is 31.6 Å². The summed E-state index contributed by atoms with van der Waals surface area (Å²) < 4.78 is 11.2. The van der Waals surface area contributed by atoms with E-state index in [2.05, 4.69) is 38.2 Å². The highest BCUT2D eigenvalue weighted by Gasteiger charge is 2.50. The number of ether oxygens (including phenoxy) is 1. The second kappa shape index (κ2) is 5.69. The average molecular weight is 306 g/mol. The first-order valence-corrected chi connectivity index (χ1v) is 8.27. The third kappa shape index (κ3) is 3.05. The Morgan fingerprint density at radius 3 is 2.82 bits per heavy atom. The van der Waals surface area contributed by atoms with Crippen LogP contribution in [0.4, 0.5) is 0 Å². The van der Waals surface area contributed by atoms with Crippen molar-refractivity contribution in [3.05, 3.63) is 17.5 Å². The van der Waals surface area contributed by atoms with E-state index in [1.165, 1.54) is 0 Å². The summed E-state index contributed by atoms with van der Waals surface area (Å²) in [7, 11) is 0. The average Bonchev–Trinajstić information content (AvgIpc) is 3.18. The number of nitrogens with one attached hydrogen (secondary N) is 1. The molecule has 0 aromatic carbocycles. The summed E-state index contributed by atoms with van der Waals surface area (Å²) in [6.07, 6.45) is 3.35. The van der Waals surface area contributed by atoms with E-state index < -0.39 is 0 Å². The Bertz CT molecular complexity index is 546. The first-order chi connectivity index (χ1) is 10.4. The highest BCUT2D eigenvalue weighted by atomic mass is 16.5. The van der Waals surface area contributed by atoms with Gasteiger partial charge in [0.25, 0.3) is 5.91 Å². The molecule has 2 fully saturated rings. The van der Waals surface area contributed by atoms with Gasteiger partial charge in [0, 0.05) is 30.0 Å². The summed E-state index contributed by atoms with van der Waals surface area (Å²) in [5.74, 6) is 1.70. The topological polar surface area (TPSA) is 64.4 Å². The molecule has 3 rings (SSSR count). The Balaban J connectivity index is 1.53. The molecule has 2 aliphatic rings. The fourth-order valence-electron chi connectivity index (χ4n) is 2.91. The van der Waals surface area contributed by atoms with Crippen LogP contribution in [-0.2, 0) is 4.74 Å². The zero-order valence-corrected chi connectivity index (χ0v) is 13.9. The summed E-state index contributed by atoms with van der Waals surface area (Å²) in [6.45, 7) is 9.35. The van der Waals surface area contributed by atoms with Crippen LogP contribution >= 0.6 is 0 Å². The highest BCUT2D eigenvalue weighted by Crippen LogP contribution is 2.43. The number of hydrogen-bond donors (Lipinski definition) is 1. The van der Waals surface area contributed by atoms with Crippen molar-refractivity contribution in [2.24, 2.45) is 11.3 Å². The van der Waals surface area contributed by atoms with Gasteiger partial charge in [-0.25, -0.2) is 0 Å². The molecule has 0 aliphatic heterocycles. The number of carbonyl (C=O) groups excluding carboxylic acids is 1. The minimum Gasteiger partial charge on any atom is -0.377 e. The number of amides is 1. The van der Waals surface area contributed by atoms with Crippen LogP contribution in [0.5, 0.6) is 0 Å². The van der Waals surface area contributed by atoms with Crippen molar-refractivity contribution in [1.29, 1.82) is 0 Å². The van der Waals surface area contributed by atoms with Gasteiger partial charge in [0.05, 0.1) is 6.10 Å². The molecule has 0 bridgehead atoms. The van der Waals surface area contributed by atoms with Crippen molar-refractivity contribution in [3.8, 4) is 0 Å². The van der Waals surface area contributed by atoms with Crippen molar-refractivity contribution in [3.63, 3.8) is 0 Å². The molecule has 5 heteroatoms. The van der Waals surface area contributed by atoms with Gasteiger partial charge < -0.3 is 14.6 Å². The van der Waals surface area contributed by atoms with Gasteiger partial charge >= 0.3 is 0 Å². The minimum atomic E-state index is -0.143. The Morgan fingerprint density at radius 2 is 2.23 bits per heavy atom. The van der Waals surface area contributed by atoms with Crippen LogP contribution in [0.1, 0.15) is 69.1 Å². The zero-order valence-electron chi connectivity index (χ0n) is 13.9. The molecule has 122 valence electrons. The molecule has 1 aromatic heterocycles. The van der Waals surface area contributed by atoms with E-state index in [1.807, 2.05) is 0 Å². The minimum absolute atomic E-state index is 0.0480. The fourth-order valence-corrected chi connectivity index (χ4v) is 2.91. The van der Waals surface area contributed by atoms with E-state index in [-0.39, 0.29) is 23.5 Å². The number of nitrogens with zero attached hydrogens (tertiary/aromatic N) is 1. The molecule has 1 N–H and O–H groups in total. The van der Waals surface area contributed by atoms with E-state index in [1.54, 1.807) is 6.07 Å². The van der Waals surface area contributed by atoms with Gasteiger partial charge in [-0.2, -0.15) is 0 Å². The number of rotatable bonds is 6. The molecular weight excluding hydrogens is 280 g/mol. The van der Waals surface area contributed by atoms with Crippen LogP contribution in [0, 0.1) is 11.3 Å². The Hall–Kier alpha value is -1.36. The lowest BCUT2D eigenvalue weighted by atomic mass is 9.64. The Kier molecular flexibility index (Phi) is 4.02. The van der Waals surface area contributed by atoms with Crippen molar-refractivity contribution in [2.75, 3.05) is 6.61 Å².